The Morgan fingerprint density at radius 2 is 2.07 bits per heavy atom. The molecule has 1 aliphatic heterocycles. The number of H-pyrrole nitrogens is 1. The fraction of sp³-hybridized carbons (Fsp3) is 0.409. The van der Waals surface area contributed by atoms with Crippen LogP contribution in [0, 0.1) is 6.92 Å². The van der Waals surface area contributed by atoms with Gasteiger partial charge in [-0.2, -0.15) is 10.2 Å². The lowest BCUT2D eigenvalue weighted by Gasteiger charge is -2.32. The van der Waals surface area contributed by atoms with Crippen LogP contribution in [0.5, 0.6) is 0 Å². The average Bonchev–Trinajstić information content (AvgIpc) is 3.38. The molecule has 0 saturated carbocycles. The van der Waals surface area contributed by atoms with E-state index in [1.807, 2.05) is 21.8 Å². The van der Waals surface area contributed by atoms with Crippen molar-refractivity contribution >= 4 is 5.91 Å². The van der Waals surface area contributed by atoms with E-state index in [-0.39, 0.29) is 11.8 Å². The number of aryl methyl sites for hydroxylation is 2. The number of piperidine rings is 1. The third-order valence-electron chi connectivity index (χ3n) is 5.52. The highest BCUT2D eigenvalue weighted by Gasteiger charge is 2.29. The van der Waals surface area contributed by atoms with Gasteiger partial charge in [0.15, 0.2) is 0 Å². The largest absolute Gasteiger partial charge is 0.337 e. The number of aromatic nitrogens is 4. The summed E-state index contributed by atoms with van der Waals surface area (Å²) in [5.74, 6) is 0.339. The number of carbonyl (C=O) groups excluding carboxylic acids is 1. The molecular formula is C22H27N5O. The molecule has 1 unspecified atom stereocenters. The Hall–Kier alpha value is -2.89. The number of nitrogens with zero attached hydrogens (tertiary/aromatic N) is 4. The minimum absolute atomic E-state index is 0.0760. The van der Waals surface area contributed by atoms with Crippen molar-refractivity contribution < 1.29 is 4.79 Å². The molecule has 0 aliphatic carbocycles. The van der Waals surface area contributed by atoms with Gasteiger partial charge in [-0.1, -0.05) is 36.8 Å². The van der Waals surface area contributed by atoms with Crippen LogP contribution >= 0.6 is 0 Å². The Balaban J connectivity index is 1.55. The SMILES string of the molecule is CCCn1nccc1C(=O)N1CCCC(c2[nH]ncc2-c2ccc(C)cc2)C1. The first kappa shape index (κ1) is 18.5. The molecule has 1 atom stereocenters. The molecule has 3 aromatic rings. The summed E-state index contributed by atoms with van der Waals surface area (Å²) >= 11 is 0. The van der Waals surface area contributed by atoms with Crippen molar-refractivity contribution in [2.75, 3.05) is 13.1 Å². The quantitative estimate of drug-likeness (QED) is 0.730. The van der Waals surface area contributed by atoms with Gasteiger partial charge < -0.3 is 4.90 Å². The highest BCUT2D eigenvalue weighted by atomic mass is 16.2. The standard InChI is InChI=1S/C22H27N5O/c1-3-12-27-20(10-11-24-27)22(28)26-13-4-5-18(15-26)21-19(14-23-25-21)17-8-6-16(2)7-9-17/h6-11,14,18H,3-5,12-13,15H2,1-2H3,(H,23,25). The second-order valence-corrected chi connectivity index (χ2v) is 7.59. The van der Waals surface area contributed by atoms with Gasteiger partial charge in [0.1, 0.15) is 5.69 Å². The molecular weight excluding hydrogens is 350 g/mol. The summed E-state index contributed by atoms with van der Waals surface area (Å²) in [4.78, 5) is 15.1. The number of hydrogen-bond acceptors (Lipinski definition) is 3. The first-order chi connectivity index (χ1) is 13.7. The number of amides is 1. The van der Waals surface area contributed by atoms with E-state index in [1.165, 1.54) is 11.1 Å². The van der Waals surface area contributed by atoms with Crippen LogP contribution in [-0.4, -0.2) is 43.9 Å². The Bertz CT molecular complexity index is 940. The van der Waals surface area contributed by atoms with Crippen molar-refractivity contribution in [1.82, 2.24) is 24.9 Å². The molecule has 1 aromatic carbocycles. The first-order valence-corrected chi connectivity index (χ1v) is 10.1. The molecule has 3 heterocycles. The van der Waals surface area contributed by atoms with Crippen LogP contribution in [-0.2, 0) is 6.54 Å². The number of likely N-dealkylation sites (tertiary alicyclic amines) is 1. The fourth-order valence-corrected chi connectivity index (χ4v) is 4.03. The van der Waals surface area contributed by atoms with Gasteiger partial charge in [0.05, 0.1) is 6.20 Å². The summed E-state index contributed by atoms with van der Waals surface area (Å²) in [5, 5.41) is 11.8. The second kappa shape index (κ2) is 8.00. The van der Waals surface area contributed by atoms with E-state index in [0.717, 1.165) is 43.6 Å². The zero-order chi connectivity index (χ0) is 19.5. The molecule has 4 rings (SSSR count). The molecule has 146 valence electrons. The zero-order valence-corrected chi connectivity index (χ0v) is 16.6. The molecule has 1 N–H and O–H groups in total. The van der Waals surface area contributed by atoms with Crippen LogP contribution in [0.2, 0.25) is 0 Å². The third-order valence-corrected chi connectivity index (χ3v) is 5.52. The monoisotopic (exact) mass is 377 g/mol. The highest BCUT2D eigenvalue weighted by molar-refractivity contribution is 5.92. The van der Waals surface area contributed by atoms with Crippen molar-refractivity contribution in [3.63, 3.8) is 0 Å². The Kier molecular flexibility index (Phi) is 5.28. The molecule has 28 heavy (non-hydrogen) atoms. The first-order valence-electron chi connectivity index (χ1n) is 10.1. The summed E-state index contributed by atoms with van der Waals surface area (Å²) in [6, 6.07) is 10.3. The maximum atomic E-state index is 13.1. The number of carbonyl (C=O) groups is 1. The third kappa shape index (κ3) is 3.59. The molecule has 1 aliphatic rings. The topological polar surface area (TPSA) is 66.8 Å². The fourth-order valence-electron chi connectivity index (χ4n) is 4.03. The van der Waals surface area contributed by atoms with Crippen LogP contribution in [0.15, 0.2) is 42.7 Å². The van der Waals surface area contributed by atoms with Gasteiger partial charge >= 0.3 is 0 Å². The summed E-state index contributed by atoms with van der Waals surface area (Å²) in [5.41, 5.74) is 5.36. The minimum Gasteiger partial charge on any atom is -0.337 e. The van der Waals surface area contributed by atoms with Crippen molar-refractivity contribution in [1.29, 1.82) is 0 Å². The van der Waals surface area contributed by atoms with E-state index in [2.05, 4.69) is 53.4 Å². The zero-order valence-electron chi connectivity index (χ0n) is 16.6. The molecule has 0 spiro atoms. The maximum Gasteiger partial charge on any atom is 0.272 e. The van der Waals surface area contributed by atoms with Gasteiger partial charge in [0, 0.05) is 43.0 Å². The smallest absolute Gasteiger partial charge is 0.272 e. The molecule has 0 radical (unpaired) electrons. The van der Waals surface area contributed by atoms with Gasteiger partial charge in [0.25, 0.3) is 5.91 Å². The number of aromatic amines is 1. The second-order valence-electron chi connectivity index (χ2n) is 7.59. The number of rotatable bonds is 5. The Labute approximate surface area is 165 Å². The summed E-state index contributed by atoms with van der Waals surface area (Å²) in [6.45, 7) is 6.45. The maximum absolute atomic E-state index is 13.1. The summed E-state index contributed by atoms with van der Waals surface area (Å²) in [7, 11) is 0. The van der Waals surface area contributed by atoms with Gasteiger partial charge in [-0.3, -0.25) is 14.6 Å². The molecule has 0 bridgehead atoms. The van der Waals surface area contributed by atoms with Crippen LogP contribution in [0.4, 0.5) is 0 Å². The van der Waals surface area contributed by atoms with Crippen LogP contribution < -0.4 is 0 Å². The number of benzene rings is 1. The lowest BCUT2D eigenvalue weighted by Crippen LogP contribution is -2.40. The Morgan fingerprint density at radius 1 is 1.25 bits per heavy atom. The van der Waals surface area contributed by atoms with Crippen LogP contribution in [0.3, 0.4) is 0 Å². The average molecular weight is 377 g/mol. The van der Waals surface area contributed by atoms with E-state index in [9.17, 15) is 4.79 Å². The summed E-state index contributed by atoms with van der Waals surface area (Å²) < 4.78 is 1.82. The van der Waals surface area contributed by atoms with Crippen LogP contribution in [0.25, 0.3) is 11.1 Å². The van der Waals surface area contributed by atoms with Crippen molar-refractivity contribution in [3.8, 4) is 11.1 Å². The van der Waals surface area contributed by atoms with Crippen molar-refractivity contribution in [2.45, 2.75) is 45.6 Å². The van der Waals surface area contributed by atoms with E-state index in [4.69, 9.17) is 0 Å². The minimum atomic E-state index is 0.0760. The van der Waals surface area contributed by atoms with Gasteiger partial charge in [-0.25, -0.2) is 0 Å². The van der Waals surface area contributed by atoms with Crippen molar-refractivity contribution in [3.05, 3.63) is 59.7 Å². The van der Waals surface area contributed by atoms with Gasteiger partial charge in [-0.05, 0) is 37.8 Å². The highest BCUT2D eigenvalue weighted by Crippen LogP contribution is 2.33. The predicted octanol–water partition coefficient (Wildman–Crippen LogP) is 4.01. The molecule has 1 saturated heterocycles. The van der Waals surface area contributed by atoms with E-state index in [0.29, 0.717) is 12.2 Å². The molecule has 6 heteroatoms. The lowest BCUT2D eigenvalue weighted by atomic mass is 9.90. The molecule has 1 fully saturated rings. The molecule has 1 amide bonds. The molecule has 6 nitrogen and oxygen atoms in total. The predicted molar refractivity (Wildman–Crippen MR) is 109 cm³/mol. The number of nitrogens with one attached hydrogen (secondary N) is 1. The van der Waals surface area contributed by atoms with Gasteiger partial charge in [0.2, 0.25) is 0 Å². The van der Waals surface area contributed by atoms with Crippen molar-refractivity contribution in [2.24, 2.45) is 0 Å². The van der Waals surface area contributed by atoms with Crippen LogP contribution in [0.1, 0.15) is 53.8 Å². The number of hydrogen-bond donors (Lipinski definition) is 1. The van der Waals surface area contributed by atoms with E-state index >= 15 is 0 Å². The summed E-state index contributed by atoms with van der Waals surface area (Å²) in [6.07, 6.45) is 6.62. The normalized spacial score (nSPS) is 17.1. The molecule has 2 aromatic heterocycles. The van der Waals surface area contributed by atoms with Gasteiger partial charge in [-0.15, -0.1) is 0 Å². The Morgan fingerprint density at radius 3 is 2.86 bits per heavy atom. The van der Waals surface area contributed by atoms with E-state index < -0.39 is 0 Å². The lowest BCUT2D eigenvalue weighted by molar-refractivity contribution is 0.0693. The van der Waals surface area contributed by atoms with E-state index in [1.54, 1.807) is 6.20 Å².